The molecule has 1 fully saturated rings. The molecule has 0 aromatic carbocycles. The van der Waals surface area contributed by atoms with Gasteiger partial charge in [0.2, 0.25) is 5.91 Å². The summed E-state index contributed by atoms with van der Waals surface area (Å²) in [7, 11) is 0. The Morgan fingerprint density at radius 3 is 2.76 bits per heavy atom. The third-order valence-electron chi connectivity index (χ3n) is 4.54. The van der Waals surface area contributed by atoms with Crippen molar-refractivity contribution in [2.45, 2.75) is 26.3 Å². The number of aromatic nitrogens is 2. The number of nitrogens with zero attached hydrogens (tertiary/aromatic N) is 4. The van der Waals surface area contributed by atoms with Gasteiger partial charge in [0, 0.05) is 63.7 Å². The van der Waals surface area contributed by atoms with E-state index in [-0.39, 0.29) is 5.91 Å². The van der Waals surface area contributed by atoms with E-state index in [1.807, 2.05) is 23.2 Å². The maximum absolute atomic E-state index is 12.2. The van der Waals surface area contributed by atoms with Gasteiger partial charge in [-0.3, -0.25) is 9.69 Å². The van der Waals surface area contributed by atoms with Gasteiger partial charge in [0.05, 0.1) is 6.26 Å². The average molecular weight is 342 g/mol. The van der Waals surface area contributed by atoms with Crippen LogP contribution in [0.4, 0.5) is 0 Å². The minimum absolute atomic E-state index is 0.0488. The molecule has 6 heteroatoms. The summed E-state index contributed by atoms with van der Waals surface area (Å²) >= 11 is 0. The summed E-state index contributed by atoms with van der Waals surface area (Å²) in [5.74, 6) is 2.32. The molecule has 1 aliphatic rings. The van der Waals surface area contributed by atoms with Gasteiger partial charge in [-0.05, 0) is 18.2 Å². The minimum Gasteiger partial charge on any atom is -0.465 e. The van der Waals surface area contributed by atoms with Crippen molar-refractivity contribution in [2.75, 3.05) is 32.7 Å². The molecule has 0 spiro atoms. The normalized spacial score (nSPS) is 16.2. The zero-order valence-corrected chi connectivity index (χ0v) is 15.0. The molecule has 0 unspecified atom stereocenters. The van der Waals surface area contributed by atoms with E-state index in [1.54, 1.807) is 18.4 Å². The van der Waals surface area contributed by atoms with Crippen LogP contribution in [-0.2, 0) is 11.3 Å². The Morgan fingerprint density at radius 2 is 2.08 bits per heavy atom. The lowest BCUT2D eigenvalue weighted by atomic mass is 10.2. The van der Waals surface area contributed by atoms with Gasteiger partial charge in [-0.1, -0.05) is 13.8 Å². The van der Waals surface area contributed by atoms with Crippen LogP contribution in [0.15, 0.2) is 41.3 Å². The molecule has 3 heterocycles. The van der Waals surface area contributed by atoms with Crippen LogP contribution < -0.4 is 0 Å². The Balaban J connectivity index is 1.44. The van der Waals surface area contributed by atoms with E-state index >= 15 is 0 Å². The number of rotatable bonds is 6. The highest BCUT2D eigenvalue weighted by molar-refractivity contribution is 5.91. The van der Waals surface area contributed by atoms with E-state index in [2.05, 4.69) is 34.5 Å². The van der Waals surface area contributed by atoms with Crippen molar-refractivity contribution >= 4 is 12.0 Å². The van der Waals surface area contributed by atoms with Crippen molar-refractivity contribution in [3.8, 4) is 0 Å². The largest absolute Gasteiger partial charge is 0.465 e. The number of carbonyl (C=O) groups excluding carboxylic acids is 1. The summed E-state index contributed by atoms with van der Waals surface area (Å²) in [6, 6.07) is 3.65. The first kappa shape index (κ1) is 17.5. The topological polar surface area (TPSA) is 54.5 Å². The smallest absolute Gasteiger partial charge is 0.246 e. The van der Waals surface area contributed by atoms with Crippen LogP contribution in [0, 0.1) is 0 Å². The molecule has 1 amide bonds. The Kier molecular flexibility index (Phi) is 5.71. The fourth-order valence-electron chi connectivity index (χ4n) is 3.10. The van der Waals surface area contributed by atoms with Crippen LogP contribution in [0.5, 0.6) is 0 Å². The number of hydrogen-bond donors (Lipinski definition) is 0. The molecule has 0 N–H and O–H groups in total. The highest BCUT2D eigenvalue weighted by Crippen LogP contribution is 2.12. The zero-order chi connectivity index (χ0) is 17.6. The number of imidazole rings is 1. The lowest BCUT2D eigenvalue weighted by molar-refractivity contribution is -0.127. The lowest BCUT2D eigenvalue weighted by Crippen LogP contribution is -2.48. The Morgan fingerprint density at radius 1 is 1.28 bits per heavy atom. The van der Waals surface area contributed by atoms with Crippen molar-refractivity contribution in [1.82, 2.24) is 19.4 Å². The second-order valence-corrected chi connectivity index (χ2v) is 6.65. The average Bonchev–Trinajstić information content (AvgIpc) is 3.29. The summed E-state index contributed by atoms with van der Waals surface area (Å²) in [4.78, 5) is 21.0. The molecule has 1 saturated heterocycles. The number of carbonyl (C=O) groups is 1. The van der Waals surface area contributed by atoms with E-state index in [9.17, 15) is 4.79 Å². The minimum atomic E-state index is 0.0488. The molecule has 0 aliphatic carbocycles. The third-order valence-corrected chi connectivity index (χ3v) is 4.54. The van der Waals surface area contributed by atoms with Crippen molar-refractivity contribution < 1.29 is 9.21 Å². The molecule has 0 radical (unpaired) electrons. The number of hydrogen-bond acceptors (Lipinski definition) is 4. The van der Waals surface area contributed by atoms with Gasteiger partial charge in [-0.15, -0.1) is 0 Å². The SMILES string of the molecule is CC(C)c1nccn1CCN1CCN(C(=O)/C=C/c2ccco2)CC1. The first-order chi connectivity index (χ1) is 12.1. The van der Waals surface area contributed by atoms with E-state index in [0.717, 1.165) is 45.1 Å². The second kappa shape index (κ2) is 8.16. The fourth-order valence-corrected chi connectivity index (χ4v) is 3.10. The van der Waals surface area contributed by atoms with Gasteiger partial charge < -0.3 is 13.9 Å². The van der Waals surface area contributed by atoms with Gasteiger partial charge in [0.1, 0.15) is 11.6 Å². The number of furan rings is 1. The van der Waals surface area contributed by atoms with Crippen LogP contribution >= 0.6 is 0 Å². The lowest BCUT2D eigenvalue weighted by Gasteiger charge is -2.34. The quantitative estimate of drug-likeness (QED) is 0.757. The maximum atomic E-state index is 12.2. The summed E-state index contributed by atoms with van der Waals surface area (Å²) < 4.78 is 7.44. The van der Waals surface area contributed by atoms with Crippen molar-refractivity contribution in [1.29, 1.82) is 0 Å². The summed E-state index contributed by atoms with van der Waals surface area (Å²) in [5, 5.41) is 0. The van der Waals surface area contributed by atoms with Gasteiger partial charge in [-0.25, -0.2) is 4.98 Å². The second-order valence-electron chi connectivity index (χ2n) is 6.65. The van der Waals surface area contributed by atoms with Crippen molar-refractivity contribution in [3.05, 3.63) is 48.5 Å². The van der Waals surface area contributed by atoms with Crippen LogP contribution in [0.1, 0.15) is 31.4 Å². The molecule has 1 aliphatic heterocycles. The Hall–Kier alpha value is -2.34. The highest BCUT2D eigenvalue weighted by atomic mass is 16.3. The molecule has 6 nitrogen and oxygen atoms in total. The molecule has 2 aromatic rings. The summed E-state index contributed by atoms with van der Waals surface area (Å²) in [6.45, 7) is 9.61. The van der Waals surface area contributed by atoms with Gasteiger partial charge in [-0.2, -0.15) is 0 Å². The monoisotopic (exact) mass is 342 g/mol. The zero-order valence-electron chi connectivity index (χ0n) is 15.0. The van der Waals surface area contributed by atoms with Crippen LogP contribution in [0.25, 0.3) is 6.08 Å². The summed E-state index contributed by atoms with van der Waals surface area (Å²) in [5.41, 5.74) is 0. The van der Waals surface area contributed by atoms with Crippen molar-refractivity contribution in [2.24, 2.45) is 0 Å². The fraction of sp³-hybridized carbons (Fsp3) is 0.474. The molecule has 3 rings (SSSR count). The molecule has 0 saturated carbocycles. The number of piperazine rings is 1. The Labute approximate surface area is 148 Å². The molecule has 2 aromatic heterocycles. The van der Waals surface area contributed by atoms with Gasteiger partial charge in [0.25, 0.3) is 0 Å². The van der Waals surface area contributed by atoms with E-state index in [4.69, 9.17) is 4.42 Å². The highest BCUT2D eigenvalue weighted by Gasteiger charge is 2.19. The molecule has 0 bridgehead atoms. The van der Waals surface area contributed by atoms with Gasteiger partial charge in [0.15, 0.2) is 0 Å². The van der Waals surface area contributed by atoms with Crippen LogP contribution in [0.3, 0.4) is 0 Å². The standard InChI is InChI=1S/C19H26N4O2/c1-16(2)19-20-7-8-23(19)14-11-21-9-12-22(13-10-21)18(24)6-5-17-4-3-15-25-17/h3-8,15-16H,9-14H2,1-2H3/b6-5+. The molecular formula is C19H26N4O2. The maximum Gasteiger partial charge on any atom is 0.246 e. The first-order valence-electron chi connectivity index (χ1n) is 8.87. The van der Waals surface area contributed by atoms with E-state index in [1.165, 1.54) is 0 Å². The van der Waals surface area contributed by atoms with Crippen molar-refractivity contribution in [3.63, 3.8) is 0 Å². The first-order valence-corrected chi connectivity index (χ1v) is 8.87. The van der Waals surface area contributed by atoms with Crippen LogP contribution in [-0.4, -0.2) is 58.0 Å². The predicted molar refractivity (Wildman–Crippen MR) is 97.1 cm³/mol. The molecule has 134 valence electrons. The molecule has 25 heavy (non-hydrogen) atoms. The summed E-state index contributed by atoms with van der Waals surface area (Å²) in [6.07, 6.45) is 8.84. The van der Waals surface area contributed by atoms with Gasteiger partial charge >= 0.3 is 0 Å². The predicted octanol–water partition coefficient (Wildman–Crippen LogP) is 2.46. The van der Waals surface area contributed by atoms with E-state index < -0.39 is 0 Å². The van der Waals surface area contributed by atoms with E-state index in [0.29, 0.717) is 11.7 Å². The third kappa shape index (κ3) is 4.60. The number of amides is 1. The van der Waals surface area contributed by atoms with Crippen LogP contribution in [0.2, 0.25) is 0 Å². The molecular weight excluding hydrogens is 316 g/mol. The molecule has 0 atom stereocenters. The Bertz CT molecular complexity index is 695.